The highest BCUT2D eigenvalue weighted by molar-refractivity contribution is 5.42. The van der Waals surface area contributed by atoms with E-state index in [0.29, 0.717) is 12.5 Å². The lowest BCUT2D eigenvalue weighted by atomic mass is 10.1. The minimum Gasteiger partial charge on any atom is -0.405 e. The summed E-state index contributed by atoms with van der Waals surface area (Å²) in [6.07, 6.45) is 13.4. The molecule has 0 saturated carbocycles. The van der Waals surface area contributed by atoms with Gasteiger partial charge < -0.3 is 27.0 Å². The Morgan fingerprint density at radius 3 is 1.98 bits per heavy atom. The Hall–Kier alpha value is -2.48. The van der Waals surface area contributed by atoms with Crippen LogP contribution in [0.4, 0.5) is 4.39 Å². The minimum atomic E-state index is -0.243. The van der Waals surface area contributed by atoms with Crippen molar-refractivity contribution in [3.8, 4) is 0 Å². The molecular weight excluding hydrogens is 517 g/mol. The Bertz CT molecular complexity index is 676. The zero-order valence-corrected chi connectivity index (χ0v) is 27.8. The average Bonchev–Trinajstić information content (AvgIpc) is 2.99. The summed E-state index contributed by atoms with van der Waals surface area (Å²) in [5.74, 6) is -0.0483. The molecule has 0 radical (unpaired) electrons. The van der Waals surface area contributed by atoms with Crippen molar-refractivity contribution in [1.82, 2.24) is 5.32 Å². The summed E-state index contributed by atoms with van der Waals surface area (Å²) in [6, 6.07) is 11.2. The van der Waals surface area contributed by atoms with Crippen LogP contribution < -0.4 is 16.8 Å². The second-order valence-electron chi connectivity index (χ2n) is 8.69. The van der Waals surface area contributed by atoms with Crippen molar-refractivity contribution < 1.29 is 19.4 Å². The lowest BCUT2D eigenvalue weighted by molar-refractivity contribution is -0.106. The Morgan fingerprint density at radius 2 is 1.54 bits per heavy atom. The highest BCUT2D eigenvalue weighted by atomic mass is 19.1. The summed E-state index contributed by atoms with van der Waals surface area (Å²) in [5.41, 5.74) is 11.9. The smallest absolute Gasteiger partial charge is 0.204 e. The summed E-state index contributed by atoms with van der Waals surface area (Å²) in [6.45, 7) is 19.5. The maximum absolute atomic E-state index is 12.4. The minimum absolute atomic E-state index is 0.0483. The van der Waals surface area contributed by atoms with E-state index in [1.165, 1.54) is 17.3 Å². The maximum atomic E-state index is 12.4. The monoisotopic (exact) mass is 584 g/mol. The summed E-state index contributed by atoms with van der Waals surface area (Å²) < 4.78 is 12.4. The number of aliphatic hydroxyl groups is 2. The summed E-state index contributed by atoms with van der Waals surface area (Å²) >= 11 is 0. The molecule has 1 rings (SSSR count). The Labute approximate surface area is 253 Å². The number of amides is 1. The number of primary amides is 1. The number of hydrogen-bond acceptors (Lipinski definition) is 5. The second kappa shape index (κ2) is 44.5. The lowest BCUT2D eigenvalue weighted by Crippen LogP contribution is -2.24. The molecule has 0 heterocycles. The van der Waals surface area contributed by atoms with Crippen molar-refractivity contribution in [3.63, 3.8) is 0 Å². The van der Waals surface area contributed by atoms with E-state index in [0.717, 1.165) is 51.5 Å². The average molecular weight is 584 g/mol. The third-order valence-electron chi connectivity index (χ3n) is 5.00. The zero-order chi connectivity index (χ0) is 32.7. The molecule has 1 amide bonds. The number of carbonyl (C=O) groups excluding carboxylic acids is 1. The number of allylic oxidation sites excluding steroid dienone is 5. The van der Waals surface area contributed by atoms with Crippen molar-refractivity contribution in [2.75, 3.05) is 13.2 Å². The van der Waals surface area contributed by atoms with Crippen LogP contribution in [-0.4, -0.2) is 41.9 Å². The van der Waals surface area contributed by atoms with E-state index < -0.39 is 0 Å². The van der Waals surface area contributed by atoms with Crippen LogP contribution in [0.1, 0.15) is 113 Å². The number of rotatable bonds is 14. The zero-order valence-electron chi connectivity index (χ0n) is 27.8. The van der Waals surface area contributed by atoms with Crippen molar-refractivity contribution in [3.05, 3.63) is 71.7 Å². The van der Waals surface area contributed by atoms with E-state index in [4.69, 9.17) is 15.6 Å². The molecular formula is C34H66FN3O3. The highest BCUT2D eigenvalue weighted by Gasteiger charge is 2.01. The third kappa shape index (κ3) is 50.8. The van der Waals surface area contributed by atoms with Crippen molar-refractivity contribution in [1.29, 1.82) is 0 Å². The van der Waals surface area contributed by atoms with Gasteiger partial charge in [-0.05, 0) is 82.7 Å². The van der Waals surface area contributed by atoms with Crippen LogP contribution in [0.3, 0.4) is 0 Å². The van der Waals surface area contributed by atoms with Gasteiger partial charge in [-0.1, -0.05) is 103 Å². The van der Waals surface area contributed by atoms with Crippen molar-refractivity contribution in [2.24, 2.45) is 11.5 Å². The number of unbranched alkanes of at least 4 members (excludes halogenated alkanes) is 1. The van der Waals surface area contributed by atoms with Gasteiger partial charge in [0.1, 0.15) is 0 Å². The molecule has 0 fully saturated rings. The van der Waals surface area contributed by atoms with E-state index in [2.05, 4.69) is 62.2 Å². The first-order valence-electron chi connectivity index (χ1n) is 15.3. The SMILES string of the molecule is CC.CC.CC(C)NCCc1ccccc1.CC/C(C)=C\C=C(\F)CC.N/C=C/CCC(O)CCCCO.NC=O. The van der Waals surface area contributed by atoms with Gasteiger partial charge in [-0.15, -0.1) is 0 Å². The van der Waals surface area contributed by atoms with Gasteiger partial charge in [0.2, 0.25) is 6.41 Å². The Balaban J connectivity index is -0.000000142. The number of benzene rings is 1. The quantitative estimate of drug-likeness (QED) is 0.0871. The molecule has 1 aromatic carbocycles. The van der Waals surface area contributed by atoms with Gasteiger partial charge in [-0.25, -0.2) is 4.39 Å². The molecule has 1 unspecified atom stereocenters. The van der Waals surface area contributed by atoms with E-state index in [1.54, 1.807) is 13.0 Å². The first-order chi connectivity index (χ1) is 19.7. The molecule has 41 heavy (non-hydrogen) atoms. The molecule has 1 aromatic rings. The summed E-state index contributed by atoms with van der Waals surface area (Å²) in [4.78, 5) is 8.58. The molecule has 0 bridgehead atoms. The molecule has 0 aliphatic carbocycles. The Kier molecular flexibility index (Phi) is 52.4. The molecule has 7 heteroatoms. The normalized spacial score (nSPS) is 11.1. The van der Waals surface area contributed by atoms with Crippen molar-refractivity contribution in [2.45, 2.75) is 126 Å². The fourth-order valence-corrected chi connectivity index (χ4v) is 2.64. The Morgan fingerprint density at radius 1 is 0.976 bits per heavy atom. The molecule has 6 nitrogen and oxygen atoms in total. The van der Waals surface area contributed by atoms with Crippen LogP contribution >= 0.6 is 0 Å². The maximum Gasteiger partial charge on any atom is 0.204 e. The number of carbonyl (C=O) groups is 1. The van der Waals surface area contributed by atoms with Gasteiger partial charge in [0, 0.05) is 12.6 Å². The van der Waals surface area contributed by atoms with Crippen LogP contribution in [0.2, 0.25) is 0 Å². The molecule has 7 N–H and O–H groups in total. The second-order valence-corrected chi connectivity index (χ2v) is 8.69. The molecule has 0 aromatic heterocycles. The van der Waals surface area contributed by atoms with Crippen LogP contribution in [0.15, 0.2) is 66.2 Å². The van der Waals surface area contributed by atoms with Gasteiger partial charge in [-0.3, -0.25) is 4.79 Å². The van der Waals surface area contributed by atoms with Crippen LogP contribution in [0, 0.1) is 0 Å². The third-order valence-corrected chi connectivity index (χ3v) is 5.00. The molecule has 0 spiro atoms. The van der Waals surface area contributed by atoms with Crippen molar-refractivity contribution >= 4 is 6.41 Å². The molecule has 242 valence electrons. The van der Waals surface area contributed by atoms with Gasteiger partial charge in [0.05, 0.1) is 11.9 Å². The highest BCUT2D eigenvalue weighted by Crippen LogP contribution is 2.07. The van der Waals surface area contributed by atoms with E-state index >= 15 is 0 Å². The predicted octanol–water partition coefficient (Wildman–Crippen LogP) is 7.75. The van der Waals surface area contributed by atoms with E-state index in [9.17, 15) is 9.50 Å². The first kappa shape index (κ1) is 48.3. The van der Waals surface area contributed by atoms with Gasteiger partial charge in [0.25, 0.3) is 0 Å². The van der Waals surface area contributed by atoms with Gasteiger partial charge >= 0.3 is 0 Å². The fraction of sp³-hybridized carbons (Fsp3) is 0.618. The molecule has 0 aliphatic rings. The van der Waals surface area contributed by atoms with E-state index in [-0.39, 0.29) is 24.9 Å². The first-order valence-corrected chi connectivity index (χ1v) is 15.3. The summed E-state index contributed by atoms with van der Waals surface area (Å²) in [5, 5.41) is 21.2. The van der Waals surface area contributed by atoms with Gasteiger partial charge in [-0.2, -0.15) is 0 Å². The largest absolute Gasteiger partial charge is 0.405 e. The topological polar surface area (TPSA) is 122 Å². The molecule has 1 atom stereocenters. The van der Waals surface area contributed by atoms with Crippen LogP contribution in [-0.2, 0) is 11.2 Å². The van der Waals surface area contributed by atoms with E-state index in [1.807, 2.05) is 46.8 Å². The fourth-order valence-electron chi connectivity index (χ4n) is 2.64. The van der Waals surface area contributed by atoms with Crippen LogP contribution in [0.5, 0.6) is 0 Å². The lowest BCUT2D eigenvalue weighted by Gasteiger charge is -2.07. The molecule has 0 aliphatic heterocycles. The number of aliphatic hydroxyl groups excluding tert-OH is 2. The summed E-state index contributed by atoms with van der Waals surface area (Å²) in [7, 11) is 0. The van der Waals surface area contributed by atoms with Gasteiger partial charge in [0.15, 0.2) is 0 Å². The predicted molar refractivity (Wildman–Crippen MR) is 179 cm³/mol. The molecule has 0 saturated heterocycles. The number of hydrogen-bond donors (Lipinski definition) is 5. The standard InChI is InChI=1S/C11H17N.C9H15F.C9H19NO2.2C2H6.CH3NO/c1-10(2)12-9-8-11-6-4-3-5-7-11;1-4-8(3)6-7-9(10)5-2;10-7-3-1-5-9(12)6-2-4-8-11;2*1-2;2-1-3/h3-7,10,12H,8-9H2,1-2H3;6-7H,4-5H2,1-3H3;3,7,9,11-12H,1-2,4-6,8,10H2;2*1-2H3;1H,(H2,2,3)/b;8-6-,9-7+;7-3+;;;. The number of nitrogens with one attached hydrogen (secondary N) is 1. The number of halogens is 1. The van der Waals surface area contributed by atoms with Crippen LogP contribution in [0.25, 0.3) is 0 Å². The number of nitrogens with two attached hydrogens (primary N) is 2.